The third-order valence-electron chi connectivity index (χ3n) is 5.57. The lowest BCUT2D eigenvalue weighted by molar-refractivity contribution is 0.0690. The third-order valence-corrected chi connectivity index (χ3v) is 5.57. The van der Waals surface area contributed by atoms with Crippen LogP contribution in [0.1, 0.15) is 47.4 Å². The maximum absolute atomic E-state index is 11.0. The smallest absolute Gasteiger partial charge is 0.358 e. The number of aromatic carboxylic acids is 1. The van der Waals surface area contributed by atoms with Gasteiger partial charge in [0.1, 0.15) is 5.82 Å². The van der Waals surface area contributed by atoms with Crippen molar-refractivity contribution in [1.29, 1.82) is 0 Å². The molecule has 0 radical (unpaired) electrons. The Labute approximate surface area is 164 Å². The number of rotatable bonds is 5. The molecule has 150 valence electrons. The first-order valence-electron chi connectivity index (χ1n) is 9.96. The normalized spacial score (nSPS) is 19.4. The lowest BCUT2D eigenvalue weighted by atomic mass is 9.94. The summed E-state index contributed by atoms with van der Waals surface area (Å²) in [6, 6.07) is 0. The number of piperidine rings is 1. The van der Waals surface area contributed by atoms with Crippen LogP contribution in [0.15, 0.2) is 6.20 Å². The number of hydrogen-bond donors (Lipinski definition) is 1. The fourth-order valence-corrected chi connectivity index (χ4v) is 4.18. The van der Waals surface area contributed by atoms with E-state index in [1.165, 1.54) is 30.3 Å². The van der Waals surface area contributed by atoms with E-state index < -0.39 is 5.97 Å². The van der Waals surface area contributed by atoms with Gasteiger partial charge in [-0.3, -0.25) is 4.68 Å². The molecule has 1 aliphatic carbocycles. The monoisotopic (exact) mass is 385 g/mol. The van der Waals surface area contributed by atoms with E-state index in [4.69, 9.17) is 15.1 Å². The van der Waals surface area contributed by atoms with Crippen molar-refractivity contribution in [3.8, 4) is 0 Å². The van der Waals surface area contributed by atoms with E-state index in [-0.39, 0.29) is 5.69 Å². The SMILES string of the molecule is CN(C)c1nc2c(c(N3CCCC(Cn4cc(C(=O)O)nn4)C3)n1)CCCC2. The molecule has 1 N–H and O–H groups in total. The maximum Gasteiger partial charge on any atom is 0.358 e. The van der Waals surface area contributed by atoms with Crippen LogP contribution in [0.4, 0.5) is 11.8 Å². The molecule has 0 aromatic carbocycles. The van der Waals surface area contributed by atoms with Crippen LogP contribution in [-0.4, -0.2) is 63.2 Å². The van der Waals surface area contributed by atoms with Gasteiger partial charge in [-0.2, -0.15) is 4.98 Å². The minimum atomic E-state index is -1.04. The molecule has 1 unspecified atom stereocenters. The van der Waals surface area contributed by atoms with Gasteiger partial charge < -0.3 is 14.9 Å². The molecule has 9 nitrogen and oxygen atoms in total. The molecular weight excluding hydrogens is 358 g/mol. The maximum atomic E-state index is 11.0. The van der Waals surface area contributed by atoms with Crippen molar-refractivity contribution in [3.63, 3.8) is 0 Å². The zero-order valence-corrected chi connectivity index (χ0v) is 16.5. The first kappa shape index (κ1) is 18.6. The molecule has 1 saturated heterocycles. The van der Waals surface area contributed by atoms with Gasteiger partial charge in [0.2, 0.25) is 5.95 Å². The quantitative estimate of drug-likeness (QED) is 0.829. The molecule has 2 aromatic rings. The average molecular weight is 385 g/mol. The number of fused-ring (bicyclic) bond motifs is 1. The Morgan fingerprint density at radius 3 is 2.82 bits per heavy atom. The second kappa shape index (κ2) is 7.73. The number of aryl methyl sites for hydroxylation is 1. The highest BCUT2D eigenvalue weighted by Crippen LogP contribution is 2.32. The summed E-state index contributed by atoms with van der Waals surface area (Å²) in [6.07, 6.45) is 8.15. The fraction of sp³-hybridized carbons (Fsp3) is 0.632. The predicted octanol–water partition coefficient (Wildman–Crippen LogP) is 1.63. The lowest BCUT2D eigenvalue weighted by Crippen LogP contribution is -2.39. The molecule has 0 saturated carbocycles. The number of hydrogen-bond acceptors (Lipinski definition) is 7. The number of anilines is 2. The molecule has 0 amide bonds. The van der Waals surface area contributed by atoms with Gasteiger partial charge in [0.05, 0.1) is 11.9 Å². The Bertz CT molecular complexity index is 864. The van der Waals surface area contributed by atoms with E-state index in [1.807, 2.05) is 19.0 Å². The number of nitrogens with zero attached hydrogens (tertiary/aromatic N) is 7. The van der Waals surface area contributed by atoms with Crippen LogP contribution < -0.4 is 9.80 Å². The van der Waals surface area contributed by atoms with E-state index in [2.05, 4.69) is 15.2 Å². The highest BCUT2D eigenvalue weighted by Gasteiger charge is 2.27. The van der Waals surface area contributed by atoms with Crippen molar-refractivity contribution in [2.45, 2.75) is 45.1 Å². The lowest BCUT2D eigenvalue weighted by Gasteiger charge is -2.36. The van der Waals surface area contributed by atoms with Gasteiger partial charge in [0.25, 0.3) is 0 Å². The zero-order chi connectivity index (χ0) is 19.7. The largest absolute Gasteiger partial charge is 0.476 e. The number of aromatic nitrogens is 5. The summed E-state index contributed by atoms with van der Waals surface area (Å²) in [5.74, 6) is 1.21. The average Bonchev–Trinajstić information content (AvgIpc) is 3.16. The van der Waals surface area contributed by atoms with Gasteiger partial charge in [-0.05, 0) is 44.4 Å². The van der Waals surface area contributed by atoms with Crippen LogP contribution in [-0.2, 0) is 19.4 Å². The second-order valence-electron chi connectivity index (χ2n) is 7.96. The van der Waals surface area contributed by atoms with E-state index in [9.17, 15) is 4.79 Å². The van der Waals surface area contributed by atoms with E-state index in [0.29, 0.717) is 12.5 Å². The van der Waals surface area contributed by atoms with E-state index >= 15 is 0 Å². The van der Waals surface area contributed by atoms with Gasteiger partial charge in [0, 0.05) is 39.3 Å². The third kappa shape index (κ3) is 3.79. The molecule has 28 heavy (non-hydrogen) atoms. The van der Waals surface area contributed by atoms with Gasteiger partial charge in [0.15, 0.2) is 5.69 Å². The standard InChI is InChI=1S/C19H27N7O2/c1-24(2)19-20-15-8-4-3-7-14(15)17(21-19)25-9-5-6-13(10-25)11-26-12-16(18(27)28)22-23-26/h12-13H,3-11H2,1-2H3,(H,27,28). The summed E-state index contributed by atoms with van der Waals surface area (Å²) in [5, 5.41) is 16.7. The van der Waals surface area contributed by atoms with E-state index in [1.54, 1.807) is 4.68 Å². The molecule has 1 fully saturated rings. The van der Waals surface area contributed by atoms with Crippen LogP contribution in [0.25, 0.3) is 0 Å². The van der Waals surface area contributed by atoms with Crippen molar-refractivity contribution in [2.75, 3.05) is 37.0 Å². The van der Waals surface area contributed by atoms with Crippen LogP contribution in [0.2, 0.25) is 0 Å². The minimum Gasteiger partial charge on any atom is -0.476 e. The summed E-state index contributed by atoms with van der Waals surface area (Å²) in [4.78, 5) is 25.1. The van der Waals surface area contributed by atoms with Gasteiger partial charge in [-0.25, -0.2) is 9.78 Å². The summed E-state index contributed by atoms with van der Waals surface area (Å²) in [6.45, 7) is 2.55. The molecular formula is C19H27N7O2. The van der Waals surface area contributed by atoms with Crippen molar-refractivity contribution in [2.24, 2.45) is 5.92 Å². The zero-order valence-electron chi connectivity index (χ0n) is 16.5. The van der Waals surface area contributed by atoms with Crippen LogP contribution >= 0.6 is 0 Å². The summed E-state index contributed by atoms with van der Waals surface area (Å²) < 4.78 is 1.65. The van der Waals surface area contributed by atoms with Crippen molar-refractivity contribution < 1.29 is 9.90 Å². The van der Waals surface area contributed by atoms with Gasteiger partial charge in [-0.15, -0.1) is 5.10 Å². The number of carbonyl (C=O) groups is 1. The van der Waals surface area contributed by atoms with E-state index in [0.717, 1.165) is 50.5 Å². The van der Waals surface area contributed by atoms with Crippen molar-refractivity contribution in [3.05, 3.63) is 23.1 Å². The molecule has 4 rings (SSSR count). The summed E-state index contributed by atoms with van der Waals surface area (Å²) >= 11 is 0. The topological polar surface area (TPSA) is 100 Å². The second-order valence-corrected chi connectivity index (χ2v) is 7.96. The molecule has 1 atom stereocenters. The molecule has 3 heterocycles. The summed E-state index contributed by atoms with van der Waals surface area (Å²) in [7, 11) is 3.97. The van der Waals surface area contributed by atoms with Crippen LogP contribution in [0.5, 0.6) is 0 Å². The number of carboxylic acids is 1. The van der Waals surface area contributed by atoms with Crippen molar-refractivity contribution in [1.82, 2.24) is 25.0 Å². The van der Waals surface area contributed by atoms with Gasteiger partial charge >= 0.3 is 5.97 Å². The minimum absolute atomic E-state index is 0.00633. The van der Waals surface area contributed by atoms with Crippen LogP contribution in [0, 0.1) is 5.92 Å². The molecule has 1 aliphatic heterocycles. The molecule has 9 heteroatoms. The predicted molar refractivity (Wildman–Crippen MR) is 105 cm³/mol. The first-order valence-corrected chi connectivity index (χ1v) is 9.96. The first-order chi connectivity index (χ1) is 13.5. The highest BCUT2D eigenvalue weighted by molar-refractivity contribution is 5.84. The van der Waals surface area contributed by atoms with Crippen LogP contribution in [0.3, 0.4) is 0 Å². The Morgan fingerprint density at radius 1 is 1.25 bits per heavy atom. The Hall–Kier alpha value is -2.71. The summed E-state index contributed by atoms with van der Waals surface area (Å²) in [5.41, 5.74) is 2.50. The fourth-order valence-electron chi connectivity index (χ4n) is 4.18. The Kier molecular flexibility index (Phi) is 5.15. The van der Waals surface area contributed by atoms with Crippen molar-refractivity contribution >= 4 is 17.7 Å². The molecule has 2 aromatic heterocycles. The van der Waals surface area contributed by atoms with Gasteiger partial charge in [-0.1, -0.05) is 5.21 Å². The Balaban J connectivity index is 1.55. The molecule has 0 spiro atoms. The number of carboxylic acid groups (broad SMARTS) is 1. The highest BCUT2D eigenvalue weighted by atomic mass is 16.4. The molecule has 0 bridgehead atoms. The Morgan fingerprint density at radius 2 is 2.07 bits per heavy atom. The molecule has 2 aliphatic rings.